The third-order valence-corrected chi connectivity index (χ3v) is 5.44. The van der Waals surface area contributed by atoms with Gasteiger partial charge in [-0.3, -0.25) is 4.79 Å². The van der Waals surface area contributed by atoms with E-state index in [-0.39, 0.29) is 5.91 Å². The Morgan fingerprint density at radius 3 is 2.43 bits per heavy atom. The van der Waals surface area contributed by atoms with Crippen molar-refractivity contribution in [2.75, 3.05) is 18.0 Å². The Hall–Kier alpha value is -2.78. The molecule has 0 unspecified atom stereocenters. The molecule has 1 amide bonds. The van der Waals surface area contributed by atoms with Gasteiger partial charge in [0.1, 0.15) is 0 Å². The van der Waals surface area contributed by atoms with Crippen LogP contribution in [0.5, 0.6) is 0 Å². The zero-order chi connectivity index (χ0) is 19.3. The summed E-state index contributed by atoms with van der Waals surface area (Å²) in [6, 6.07) is 24.2. The second-order valence-electron chi connectivity index (χ2n) is 7.13. The van der Waals surface area contributed by atoms with Gasteiger partial charge < -0.3 is 10.2 Å². The van der Waals surface area contributed by atoms with Crippen LogP contribution in [-0.4, -0.2) is 19.0 Å². The highest BCUT2D eigenvalue weighted by atomic mass is 35.5. The first-order valence-electron chi connectivity index (χ1n) is 9.63. The Bertz CT molecular complexity index is 951. The lowest BCUT2D eigenvalue weighted by atomic mass is 10.1. The number of rotatable bonds is 6. The van der Waals surface area contributed by atoms with Crippen LogP contribution in [-0.2, 0) is 19.4 Å². The second-order valence-corrected chi connectivity index (χ2v) is 7.57. The molecule has 0 saturated heterocycles. The Balaban J connectivity index is 1.30. The monoisotopic (exact) mass is 390 g/mol. The first kappa shape index (κ1) is 18.6. The molecule has 0 bridgehead atoms. The van der Waals surface area contributed by atoms with E-state index in [1.165, 1.54) is 16.8 Å². The molecule has 3 nitrogen and oxygen atoms in total. The maximum atomic E-state index is 12.4. The molecule has 0 aromatic heterocycles. The third-order valence-electron chi connectivity index (χ3n) is 5.19. The van der Waals surface area contributed by atoms with Crippen LogP contribution in [0.4, 0.5) is 5.69 Å². The van der Waals surface area contributed by atoms with E-state index in [2.05, 4.69) is 46.6 Å². The number of hydrogen-bond acceptors (Lipinski definition) is 2. The van der Waals surface area contributed by atoms with Crippen molar-refractivity contribution in [1.82, 2.24) is 5.32 Å². The van der Waals surface area contributed by atoms with E-state index in [0.717, 1.165) is 36.5 Å². The highest BCUT2D eigenvalue weighted by Crippen LogP contribution is 2.28. The highest BCUT2D eigenvalue weighted by Gasteiger charge is 2.18. The number of nitrogens with one attached hydrogen (secondary N) is 1. The van der Waals surface area contributed by atoms with Crippen LogP contribution in [0.15, 0.2) is 72.8 Å². The molecule has 4 rings (SSSR count). The fourth-order valence-electron chi connectivity index (χ4n) is 3.63. The first-order valence-corrected chi connectivity index (χ1v) is 10.0. The largest absolute Gasteiger partial charge is 0.367 e. The van der Waals surface area contributed by atoms with Gasteiger partial charge in [-0.2, -0.15) is 0 Å². The molecule has 28 heavy (non-hydrogen) atoms. The molecule has 1 aliphatic rings. The molecule has 1 heterocycles. The SMILES string of the molecule is O=C(NCCc1ccc(Cl)cc1)c1ccc(CN2CCc3ccccc32)cc1. The molecular formula is C24H23ClN2O. The van der Waals surface area contributed by atoms with Crippen LogP contribution in [0.2, 0.25) is 5.02 Å². The van der Waals surface area contributed by atoms with E-state index in [4.69, 9.17) is 11.6 Å². The van der Waals surface area contributed by atoms with Crippen molar-refractivity contribution >= 4 is 23.2 Å². The third kappa shape index (κ3) is 4.37. The van der Waals surface area contributed by atoms with Crippen LogP contribution < -0.4 is 10.2 Å². The second kappa shape index (κ2) is 8.49. The van der Waals surface area contributed by atoms with Gasteiger partial charge in [-0.05, 0) is 59.9 Å². The molecule has 0 aliphatic carbocycles. The van der Waals surface area contributed by atoms with Crippen molar-refractivity contribution in [3.8, 4) is 0 Å². The van der Waals surface area contributed by atoms with Gasteiger partial charge in [0.05, 0.1) is 0 Å². The molecule has 0 fully saturated rings. The fraction of sp³-hybridized carbons (Fsp3) is 0.208. The lowest BCUT2D eigenvalue weighted by molar-refractivity contribution is 0.0954. The standard InChI is InChI=1S/C24H23ClN2O/c25-22-11-7-18(8-12-22)13-15-26-24(28)21-9-5-19(6-10-21)17-27-16-14-20-3-1-2-4-23(20)27/h1-12H,13-17H2,(H,26,28). The van der Waals surface area contributed by atoms with Gasteiger partial charge in [0.2, 0.25) is 0 Å². The normalized spacial score (nSPS) is 12.7. The topological polar surface area (TPSA) is 32.3 Å². The van der Waals surface area contributed by atoms with Gasteiger partial charge >= 0.3 is 0 Å². The number of carbonyl (C=O) groups excluding carboxylic acids is 1. The summed E-state index contributed by atoms with van der Waals surface area (Å²) in [5.41, 5.74) is 5.81. The van der Waals surface area contributed by atoms with Crippen LogP contribution in [0.1, 0.15) is 27.0 Å². The van der Waals surface area contributed by atoms with E-state index < -0.39 is 0 Å². The number of halogens is 1. The molecule has 1 N–H and O–H groups in total. The smallest absolute Gasteiger partial charge is 0.251 e. The van der Waals surface area contributed by atoms with E-state index >= 15 is 0 Å². The number of benzene rings is 3. The van der Waals surface area contributed by atoms with Gasteiger partial charge in [-0.25, -0.2) is 0 Å². The Morgan fingerprint density at radius 1 is 0.929 bits per heavy atom. The average Bonchev–Trinajstić information content (AvgIpc) is 3.13. The number of amides is 1. The summed E-state index contributed by atoms with van der Waals surface area (Å²) in [4.78, 5) is 14.8. The van der Waals surface area contributed by atoms with Gasteiger partial charge in [-0.15, -0.1) is 0 Å². The molecular weight excluding hydrogens is 368 g/mol. The summed E-state index contributed by atoms with van der Waals surface area (Å²) in [5, 5.41) is 3.71. The summed E-state index contributed by atoms with van der Waals surface area (Å²) in [6.45, 7) is 2.52. The van der Waals surface area contributed by atoms with Crippen molar-refractivity contribution in [3.63, 3.8) is 0 Å². The van der Waals surface area contributed by atoms with Crippen molar-refractivity contribution in [1.29, 1.82) is 0 Å². The van der Waals surface area contributed by atoms with Crippen LogP contribution in [0, 0.1) is 0 Å². The molecule has 0 spiro atoms. The zero-order valence-electron chi connectivity index (χ0n) is 15.7. The van der Waals surface area contributed by atoms with Crippen LogP contribution in [0.3, 0.4) is 0 Å². The Morgan fingerprint density at radius 2 is 1.64 bits per heavy atom. The van der Waals surface area contributed by atoms with E-state index in [0.29, 0.717) is 12.1 Å². The minimum absolute atomic E-state index is 0.0352. The zero-order valence-corrected chi connectivity index (χ0v) is 16.5. The predicted molar refractivity (Wildman–Crippen MR) is 115 cm³/mol. The average molecular weight is 391 g/mol. The number of hydrogen-bond donors (Lipinski definition) is 1. The molecule has 0 atom stereocenters. The van der Waals surface area contributed by atoms with Crippen molar-refractivity contribution in [3.05, 3.63) is 100 Å². The summed E-state index contributed by atoms with van der Waals surface area (Å²) < 4.78 is 0. The predicted octanol–water partition coefficient (Wildman–Crippen LogP) is 4.88. The van der Waals surface area contributed by atoms with Crippen LogP contribution >= 0.6 is 11.6 Å². The minimum Gasteiger partial charge on any atom is -0.367 e. The molecule has 1 aliphatic heterocycles. The van der Waals surface area contributed by atoms with E-state index in [1.54, 1.807) is 0 Å². The van der Waals surface area contributed by atoms with Crippen molar-refractivity contribution in [2.24, 2.45) is 0 Å². The van der Waals surface area contributed by atoms with Gasteiger partial charge in [0.25, 0.3) is 5.91 Å². The Kier molecular flexibility index (Phi) is 5.63. The summed E-state index contributed by atoms with van der Waals surface area (Å²) in [5.74, 6) is -0.0352. The molecule has 3 aromatic carbocycles. The summed E-state index contributed by atoms with van der Waals surface area (Å²) in [7, 11) is 0. The number of nitrogens with zero attached hydrogens (tertiary/aromatic N) is 1. The van der Waals surface area contributed by atoms with Crippen molar-refractivity contribution in [2.45, 2.75) is 19.4 Å². The minimum atomic E-state index is -0.0352. The van der Waals surface area contributed by atoms with E-state index in [1.807, 2.05) is 36.4 Å². The maximum Gasteiger partial charge on any atom is 0.251 e. The molecule has 142 valence electrons. The molecule has 0 saturated carbocycles. The molecule has 3 aromatic rings. The van der Waals surface area contributed by atoms with Gasteiger partial charge in [0, 0.05) is 35.9 Å². The highest BCUT2D eigenvalue weighted by molar-refractivity contribution is 6.30. The van der Waals surface area contributed by atoms with E-state index in [9.17, 15) is 4.79 Å². The lowest BCUT2D eigenvalue weighted by Crippen LogP contribution is -2.25. The first-order chi connectivity index (χ1) is 13.7. The summed E-state index contributed by atoms with van der Waals surface area (Å²) in [6.07, 6.45) is 1.89. The number of anilines is 1. The fourth-order valence-corrected chi connectivity index (χ4v) is 3.75. The number of para-hydroxylation sites is 1. The van der Waals surface area contributed by atoms with Gasteiger partial charge in [-0.1, -0.05) is 54.1 Å². The number of carbonyl (C=O) groups is 1. The lowest BCUT2D eigenvalue weighted by Gasteiger charge is -2.19. The quantitative estimate of drug-likeness (QED) is 0.650. The number of fused-ring (bicyclic) bond motifs is 1. The van der Waals surface area contributed by atoms with Gasteiger partial charge in [0.15, 0.2) is 0 Å². The molecule has 4 heteroatoms. The maximum absolute atomic E-state index is 12.4. The van der Waals surface area contributed by atoms with Crippen LogP contribution in [0.25, 0.3) is 0 Å². The Labute approximate surface area is 171 Å². The molecule has 0 radical (unpaired) electrons. The summed E-state index contributed by atoms with van der Waals surface area (Å²) >= 11 is 5.89. The van der Waals surface area contributed by atoms with Crippen molar-refractivity contribution < 1.29 is 4.79 Å².